The van der Waals surface area contributed by atoms with Crippen molar-refractivity contribution >= 4 is 12.0 Å². The van der Waals surface area contributed by atoms with E-state index in [9.17, 15) is 9.59 Å². The molecule has 0 spiro atoms. The molecule has 0 radical (unpaired) electrons. The summed E-state index contributed by atoms with van der Waals surface area (Å²) in [5, 5.41) is 11.9. The van der Waals surface area contributed by atoms with Gasteiger partial charge in [0.05, 0.1) is 5.92 Å². The number of carboxylic acid groups (broad SMARTS) is 1. The number of aliphatic carboxylic acids is 1. The molecule has 0 aromatic rings. The number of carbonyl (C=O) groups is 2. The lowest BCUT2D eigenvalue weighted by atomic mass is 9.97. The van der Waals surface area contributed by atoms with Crippen molar-refractivity contribution in [1.82, 2.24) is 15.1 Å². The minimum Gasteiger partial charge on any atom is -0.481 e. The molecule has 0 aromatic heterocycles. The second-order valence-electron chi connectivity index (χ2n) is 6.51. The van der Waals surface area contributed by atoms with E-state index in [1.807, 2.05) is 13.8 Å². The Morgan fingerprint density at radius 3 is 2.57 bits per heavy atom. The third-order valence-electron chi connectivity index (χ3n) is 4.11. The topological polar surface area (TPSA) is 72.9 Å². The number of hydrogen-bond donors (Lipinski definition) is 2. The number of nitrogens with one attached hydrogen (secondary N) is 1. The highest BCUT2D eigenvalue weighted by Gasteiger charge is 2.25. The van der Waals surface area contributed by atoms with Crippen LogP contribution in [-0.2, 0) is 4.79 Å². The van der Waals surface area contributed by atoms with Crippen LogP contribution in [0, 0.1) is 11.8 Å². The van der Waals surface area contributed by atoms with E-state index >= 15 is 0 Å². The van der Waals surface area contributed by atoms with Crippen molar-refractivity contribution < 1.29 is 14.7 Å². The van der Waals surface area contributed by atoms with Crippen LogP contribution >= 0.6 is 0 Å². The molecule has 0 aliphatic carbocycles. The maximum absolute atomic E-state index is 12.1. The number of amides is 2. The average molecular weight is 299 g/mol. The fraction of sp³-hybridized carbons (Fsp3) is 0.867. The van der Waals surface area contributed by atoms with Crippen LogP contribution in [0.25, 0.3) is 0 Å². The van der Waals surface area contributed by atoms with Crippen LogP contribution in [0.4, 0.5) is 4.79 Å². The zero-order valence-corrected chi connectivity index (χ0v) is 13.6. The molecule has 2 atom stereocenters. The Kier molecular flexibility index (Phi) is 6.95. The molecule has 2 N–H and O–H groups in total. The van der Waals surface area contributed by atoms with Crippen LogP contribution < -0.4 is 5.32 Å². The van der Waals surface area contributed by atoms with Gasteiger partial charge in [-0.15, -0.1) is 0 Å². The third kappa shape index (κ3) is 5.91. The van der Waals surface area contributed by atoms with E-state index in [0.717, 1.165) is 13.0 Å². The molecule has 1 fully saturated rings. The number of likely N-dealkylation sites (N-methyl/N-ethyl adjacent to an activating group) is 2. The molecule has 6 heteroatoms. The van der Waals surface area contributed by atoms with E-state index in [1.54, 1.807) is 11.9 Å². The van der Waals surface area contributed by atoms with Crippen molar-refractivity contribution in [2.45, 2.75) is 39.2 Å². The zero-order valence-electron chi connectivity index (χ0n) is 13.6. The number of hydrogen-bond acceptors (Lipinski definition) is 3. The van der Waals surface area contributed by atoms with E-state index in [2.05, 4.69) is 17.3 Å². The summed E-state index contributed by atoms with van der Waals surface area (Å²) in [7, 11) is 3.84. The van der Waals surface area contributed by atoms with Gasteiger partial charge >= 0.3 is 12.0 Å². The predicted molar refractivity (Wildman–Crippen MR) is 82.3 cm³/mol. The van der Waals surface area contributed by atoms with Gasteiger partial charge in [0.1, 0.15) is 0 Å². The van der Waals surface area contributed by atoms with Crippen LogP contribution in [0.15, 0.2) is 0 Å². The van der Waals surface area contributed by atoms with E-state index < -0.39 is 11.9 Å². The fourth-order valence-electron chi connectivity index (χ4n) is 2.79. The highest BCUT2D eigenvalue weighted by molar-refractivity contribution is 5.75. The lowest BCUT2D eigenvalue weighted by Gasteiger charge is -2.26. The lowest BCUT2D eigenvalue weighted by molar-refractivity contribution is -0.142. The van der Waals surface area contributed by atoms with Crippen molar-refractivity contribution in [3.8, 4) is 0 Å². The summed E-state index contributed by atoms with van der Waals surface area (Å²) in [4.78, 5) is 27.1. The average Bonchev–Trinajstić information content (AvgIpc) is 2.79. The molecule has 2 amide bonds. The SMILES string of the molecule is CC(C)CC(CNC(=O)N(C)CC1CCCN1C)C(=O)O. The third-order valence-corrected chi connectivity index (χ3v) is 4.11. The van der Waals surface area contributed by atoms with Crippen LogP contribution in [0.5, 0.6) is 0 Å². The monoisotopic (exact) mass is 299 g/mol. The van der Waals surface area contributed by atoms with Crippen molar-refractivity contribution in [2.24, 2.45) is 11.8 Å². The second-order valence-corrected chi connectivity index (χ2v) is 6.51. The number of urea groups is 1. The minimum atomic E-state index is -0.845. The van der Waals surface area contributed by atoms with E-state index in [1.165, 1.54) is 6.42 Å². The number of likely N-dealkylation sites (tertiary alicyclic amines) is 1. The van der Waals surface area contributed by atoms with Gasteiger partial charge in [-0.2, -0.15) is 0 Å². The standard InChI is InChI=1S/C15H29N3O3/c1-11(2)8-12(14(19)20)9-16-15(21)18(4)10-13-6-5-7-17(13)3/h11-13H,5-10H2,1-4H3,(H,16,21)(H,19,20). The molecule has 1 saturated heterocycles. The van der Waals surface area contributed by atoms with Gasteiger partial charge in [0.25, 0.3) is 0 Å². The summed E-state index contributed by atoms with van der Waals surface area (Å²) >= 11 is 0. The maximum atomic E-state index is 12.1. The smallest absolute Gasteiger partial charge is 0.317 e. The van der Waals surface area contributed by atoms with Crippen LogP contribution in [0.2, 0.25) is 0 Å². The molecule has 2 unspecified atom stereocenters. The van der Waals surface area contributed by atoms with Crippen molar-refractivity contribution in [2.75, 3.05) is 33.7 Å². The highest BCUT2D eigenvalue weighted by atomic mass is 16.4. The lowest BCUT2D eigenvalue weighted by Crippen LogP contribution is -2.45. The summed E-state index contributed by atoms with van der Waals surface area (Å²) in [6, 6.07) is 0.219. The molecule has 0 bridgehead atoms. The highest BCUT2D eigenvalue weighted by Crippen LogP contribution is 2.15. The van der Waals surface area contributed by atoms with Crippen LogP contribution in [0.1, 0.15) is 33.1 Å². The second kappa shape index (κ2) is 8.22. The molecule has 0 saturated carbocycles. The Labute approximate surface area is 127 Å². The van der Waals surface area contributed by atoms with Gasteiger partial charge in [-0.3, -0.25) is 4.79 Å². The van der Waals surface area contributed by atoms with Gasteiger partial charge in [0, 0.05) is 26.2 Å². The molecule has 122 valence electrons. The van der Waals surface area contributed by atoms with Crippen molar-refractivity contribution in [3.05, 3.63) is 0 Å². The Bertz CT molecular complexity index is 360. The fourth-order valence-corrected chi connectivity index (χ4v) is 2.79. The molecule has 21 heavy (non-hydrogen) atoms. The Balaban J connectivity index is 2.38. The van der Waals surface area contributed by atoms with Gasteiger partial charge in [-0.25, -0.2) is 4.79 Å². The van der Waals surface area contributed by atoms with Gasteiger partial charge < -0.3 is 20.2 Å². The molecule has 1 aliphatic heterocycles. The molecule has 1 aliphatic rings. The quantitative estimate of drug-likeness (QED) is 0.746. The maximum Gasteiger partial charge on any atom is 0.317 e. The van der Waals surface area contributed by atoms with Crippen LogP contribution in [0.3, 0.4) is 0 Å². The van der Waals surface area contributed by atoms with Crippen LogP contribution in [-0.4, -0.2) is 66.7 Å². The van der Waals surface area contributed by atoms with Gasteiger partial charge in [0.2, 0.25) is 0 Å². The zero-order chi connectivity index (χ0) is 16.0. The summed E-state index contributed by atoms with van der Waals surface area (Å²) < 4.78 is 0. The summed E-state index contributed by atoms with van der Waals surface area (Å²) in [6.07, 6.45) is 2.86. The number of nitrogens with zero attached hydrogens (tertiary/aromatic N) is 2. The van der Waals surface area contributed by atoms with Gasteiger partial charge in [0.15, 0.2) is 0 Å². The molecule has 0 aromatic carbocycles. The Morgan fingerprint density at radius 2 is 2.10 bits per heavy atom. The first-order valence-electron chi connectivity index (χ1n) is 7.73. The molecular formula is C15H29N3O3. The summed E-state index contributed by atoms with van der Waals surface area (Å²) in [5.74, 6) is -1.06. The first kappa shape index (κ1) is 17.8. The summed E-state index contributed by atoms with van der Waals surface area (Å²) in [6.45, 7) is 5.93. The van der Waals surface area contributed by atoms with Gasteiger partial charge in [-0.05, 0) is 38.8 Å². The first-order valence-corrected chi connectivity index (χ1v) is 7.73. The normalized spacial score (nSPS) is 20.5. The molecule has 1 heterocycles. The minimum absolute atomic E-state index is 0.190. The number of rotatable bonds is 7. The molecule has 6 nitrogen and oxygen atoms in total. The van der Waals surface area contributed by atoms with Gasteiger partial charge in [-0.1, -0.05) is 13.8 Å². The van der Waals surface area contributed by atoms with E-state index in [0.29, 0.717) is 24.9 Å². The van der Waals surface area contributed by atoms with E-state index in [4.69, 9.17) is 5.11 Å². The molecular weight excluding hydrogens is 270 g/mol. The van der Waals surface area contributed by atoms with E-state index in [-0.39, 0.29) is 12.6 Å². The Morgan fingerprint density at radius 1 is 1.43 bits per heavy atom. The number of carboxylic acids is 1. The Hall–Kier alpha value is -1.30. The largest absolute Gasteiger partial charge is 0.481 e. The van der Waals surface area contributed by atoms with Crippen molar-refractivity contribution in [3.63, 3.8) is 0 Å². The van der Waals surface area contributed by atoms with Crippen molar-refractivity contribution in [1.29, 1.82) is 0 Å². The predicted octanol–water partition coefficient (Wildman–Crippen LogP) is 1.47. The summed E-state index contributed by atoms with van der Waals surface area (Å²) in [5.41, 5.74) is 0. The first-order chi connectivity index (χ1) is 9.81. The molecule has 1 rings (SSSR count). The number of carbonyl (C=O) groups excluding carboxylic acids is 1.